The summed E-state index contributed by atoms with van der Waals surface area (Å²) >= 11 is 0. The van der Waals surface area contributed by atoms with Crippen LogP contribution in [-0.4, -0.2) is 67.5 Å². The Balaban J connectivity index is 1.62. The van der Waals surface area contributed by atoms with Crippen LogP contribution in [0.1, 0.15) is 37.7 Å². The Morgan fingerprint density at radius 2 is 1.93 bits per heavy atom. The van der Waals surface area contributed by atoms with Gasteiger partial charge in [-0.1, -0.05) is 43.2 Å². The van der Waals surface area contributed by atoms with Crippen LogP contribution in [0.3, 0.4) is 0 Å². The predicted molar refractivity (Wildman–Crippen MR) is 110 cm³/mol. The molecular formula is C22H31N3O3. The van der Waals surface area contributed by atoms with Gasteiger partial charge in [0.15, 0.2) is 0 Å². The number of carbonyl (C=O) groups is 2. The summed E-state index contributed by atoms with van der Waals surface area (Å²) in [6, 6.07) is 7.44. The monoisotopic (exact) mass is 385 g/mol. The third kappa shape index (κ3) is 5.35. The van der Waals surface area contributed by atoms with E-state index in [0.717, 1.165) is 43.8 Å². The van der Waals surface area contributed by atoms with Crippen molar-refractivity contribution in [3.8, 4) is 5.75 Å². The summed E-state index contributed by atoms with van der Waals surface area (Å²) in [5, 5.41) is 2.91. The van der Waals surface area contributed by atoms with Crippen molar-refractivity contribution in [2.24, 2.45) is 0 Å². The van der Waals surface area contributed by atoms with E-state index in [1.807, 2.05) is 41.3 Å². The van der Waals surface area contributed by atoms with Crippen LogP contribution in [0.15, 0.2) is 30.3 Å². The molecule has 28 heavy (non-hydrogen) atoms. The van der Waals surface area contributed by atoms with E-state index in [1.165, 1.54) is 12.8 Å². The maximum atomic E-state index is 12.8. The zero-order valence-corrected chi connectivity index (χ0v) is 16.7. The Labute approximate surface area is 167 Å². The minimum Gasteiger partial charge on any atom is -0.496 e. The van der Waals surface area contributed by atoms with Crippen molar-refractivity contribution < 1.29 is 14.3 Å². The van der Waals surface area contributed by atoms with Crippen molar-refractivity contribution in [1.82, 2.24) is 15.1 Å². The quantitative estimate of drug-likeness (QED) is 0.816. The van der Waals surface area contributed by atoms with E-state index in [2.05, 4.69) is 10.2 Å². The lowest BCUT2D eigenvalue weighted by atomic mass is 10.1. The number of methoxy groups -OCH3 is 1. The number of nitrogens with one attached hydrogen (secondary N) is 1. The van der Waals surface area contributed by atoms with Crippen LogP contribution in [0, 0.1) is 0 Å². The second-order valence-electron chi connectivity index (χ2n) is 7.45. The molecule has 2 aliphatic heterocycles. The zero-order chi connectivity index (χ0) is 19.8. The fourth-order valence-electron chi connectivity index (χ4n) is 3.94. The van der Waals surface area contributed by atoms with Crippen LogP contribution in [-0.2, 0) is 9.59 Å². The van der Waals surface area contributed by atoms with Gasteiger partial charge >= 0.3 is 0 Å². The van der Waals surface area contributed by atoms with Crippen LogP contribution in [0.5, 0.6) is 5.75 Å². The Bertz CT molecular complexity index is 696. The molecule has 2 saturated heterocycles. The molecule has 2 fully saturated rings. The minimum atomic E-state index is -0.396. The van der Waals surface area contributed by atoms with Gasteiger partial charge in [-0.25, -0.2) is 0 Å². The molecule has 6 heteroatoms. The molecule has 6 nitrogen and oxygen atoms in total. The summed E-state index contributed by atoms with van der Waals surface area (Å²) in [6.07, 6.45) is 8.82. The average molecular weight is 386 g/mol. The van der Waals surface area contributed by atoms with Crippen molar-refractivity contribution in [3.05, 3.63) is 35.9 Å². The second-order valence-corrected chi connectivity index (χ2v) is 7.45. The number of rotatable bonds is 6. The van der Waals surface area contributed by atoms with E-state index in [1.54, 1.807) is 7.11 Å². The first-order chi connectivity index (χ1) is 13.7. The van der Waals surface area contributed by atoms with Gasteiger partial charge in [0.25, 0.3) is 0 Å². The molecular weight excluding hydrogens is 354 g/mol. The lowest BCUT2D eigenvalue weighted by Crippen LogP contribution is -2.56. The Hall–Kier alpha value is -2.34. The van der Waals surface area contributed by atoms with Crippen LogP contribution >= 0.6 is 0 Å². The fourth-order valence-corrected chi connectivity index (χ4v) is 3.94. The van der Waals surface area contributed by atoms with Crippen molar-refractivity contribution in [2.45, 2.75) is 38.1 Å². The van der Waals surface area contributed by atoms with Gasteiger partial charge in [-0.15, -0.1) is 0 Å². The first-order valence-electron chi connectivity index (χ1n) is 10.3. The van der Waals surface area contributed by atoms with Gasteiger partial charge in [0.2, 0.25) is 11.8 Å². The topological polar surface area (TPSA) is 61.9 Å². The van der Waals surface area contributed by atoms with Crippen molar-refractivity contribution in [3.63, 3.8) is 0 Å². The largest absolute Gasteiger partial charge is 0.496 e. The maximum absolute atomic E-state index is 12.8. The van der Waals surface area contributed by atoms with Gasteiger partial charge in [0.05, 0.1) is 19.6 Å². The number of para-hydroxylation sites is 1. The fraction of sp³-hybridized carbons (Fsp3) is 0.545. The summed E-state index contributed by atoms with van der Waals surface area (Å²) < 4.78 is 5.38. The SMILES string of the molecule is COc1ccccc1C=CCN1CCNC(=O)C1CC(=O)N1CCCCCC1. The van der Waals surface area contributed by atoms with Crippen LogP contribution in [0.4, 0.5) is 0 Å². The second kappa shape index (κ2) is 10.3. The standard InChI is InChI=1S/C22H31N3O3/c1-28-20-11-5-4-9-18(20)10-8-15-24-16-12-23-22(27)19(24)17-21(26)25-13-6-2-3-7-14-25/h4-5,8-11,19H,2-3,6-7,12-17H2,1H3,(H,23,27). The molecule has 0 bridgehead atoms. The van der Waals surface area contributed by atoms with E-state index < -0.39 is 6.04 Å². The highest BCUT2D eigenvalue weighted by molar-refractivity contribution is 5.89. The maximum Gasteiger partial charge on any atom is 0.237 e. The highest BCUT2D eigenvalue weighted by Crippen LogP contribution is 2.19. The molecule has 0 saturated carbocycles. The number of hydrogen-bond acceptors (Lipinski definition) is 4. The van der Waals surface area contributed by atoms with Crippen LogP contribution in [0.2, 0.25) is 0 Å². The number of likely N-dealkylation sites (tertiary alicyclic amines) is 1. The number of amides is 2. The molecule has 0 spiro atoms. The molecule has 1 unspecified atom stereocenters. The first-order valence-corrected chi connectivity index (χ1v) is 10.3. The lowest BCUT2D eigenvalue weighted by molar-refractivity contribution is -0.138. The average Bonchev–Trinajstić information content (AvgIpc) is 3.00. The van der Waals surface area contributed by atoms with E-state index in [9.17, 15) is 9.59 Å². The third-order valence-electron chi connectivity index (χ3n) is 5.54. The zero-order valence-electron chi connectivity index (χ0n) is 16.7. The van der Waals surface area contributed by atoms with Gasteiger partial charge in [-0.3, -0.25) is 14.5 Å². The molecule has 1 aromatic carbocycles. The number of nitrogens with zero attached hydrogens (tertiary/aromatic N) is 2. The van der Waals surface area contributed by atoms with Gasteiger partial charge in [-0.05, 0) is 18.9 Å². The molecule has 1 N–H and O–H groups in total. The van der Waals surface area contributed by atoms with Crippen LogP contribution in [0.25, 0.3) is 6.08 Å². The van der Waals surface area contributed by atoms with Gasteiger partial charge in [-0.2, -0.15) is 0 Å². The minimum absolute atomic E-state index is 0.0416. The number of piperazine rings is 1. The summed E-state index contributed by atoms with van der Waals surface area (Å²) in [7, 11) is 1.66. The summed E-state index contributed by atoms with van der Waals surface area (Å²) in [5.74, 6) is 0.880. The van der Waals surface area contributed by atoms with E-state index >= 15 is 0 Å². The van der Waals surface area contributed by atoms with E-state index in [0.29, 0.717) is 13.1 Å². The molecule has 1 atom stereocenters. The van der Waals surface area contributed by atoms with Gasteiger partial charge in [0.1, 0.15) is 5.75 Å². The number of benzene rings is 1. The van der Waals surface area contributed by atoms with Gasteiger partial charge < -0.3 is 15.0 Å². The highest BCUT2D eigenvalue weighted by atomic mass is 16.5. The molecule has 2 heterocycles. The molecule has 1 aromatic rings. The van der Waals surface area contributed by atoms with Crippen molar-refractivity contribution in [1.29, 1.82) is 0 Å². The number of carbonyl (C=O) groups excluding carboxylic acids is 2. The molecule has 0 aromatic heterocycles. The lowest BCUT2D eigenvalue weighted by Gasteiger charge is -2.35. The molecule has 152 valence electrons. The molecule has 2 aliphatic rings. The molecule has 3 rings (SSSR count). The molecule has 0 aliphatic carbocycles. The summed E-state index contributed by atoms with van der Waals surface area (Å²) in [6.45, 7) is 3.64. The van der Waals surface area contributed by atoms with Crippen molar-refractivity contribution >= 4 is 17.9 Å². The normalized spacial score (nSPS) is 21.4. The van der Waals surface area contributed by atoms with E-state index in [4.69, 9.17) is 4.74 Å². The van der Waals surface area contributed by atoms with Gasteiger partial charge in [0, 0.05) is 38.3 Å². The number of hydrogen-bond donors (Lipinski definition) is 1. The first kappa shape index (κ1) is 20.4. The Morgan fingerprint density at radius 3 is 2.68 bits per heavy atom. The smallest absolute Gasteiger partial charge is 0.237 e. The molecule has 2 amide bonds. The Kier molecular flexibility index (Phi) is 7.48. The third-order valence-corrected chi connectivity index (χ3v) is 5.54. The van der Waals surface area contributed by atoms with Crippen molar-refractivity contribution in [2.75, 3.05) is 39.8 Å². The summed E-state index contributed by atoms with van der Waals surface area (Å²) in [5.41, 5.74) is 1.00. The predicted octanol–water partition coefficient (Wildman–Crippen LogP) is 2.30. The highest BCUT2D eigenvalue weighted by Gasteiger charge is 2.32. The number of ether oxygens (including phenoxy) is 1. The Morgan fingerprint density at radius 1 is 1.18 bits per heavy atom. The van der Waals surface area contributed by atoms with E-state index in [-0.39, 0.29) is 18.2 Å². The molecule has 0 radical (unpaired) electrons. The summed E-state index contributed by atoms with van der Waals surface area (Å²) in [4.78, 5) is 29.3. The van der Waals surface area contributed by atoms with Crippen LogP contribution < -0.4 is 10.1 Å².